The van der Waals surface area contributed by atoms with Gasteiger partial charge in [0, 0.05) is 18.7 Å². The molecule has 1 amide bonds. The summed E-state index contributed by atoms with van der Waals surface area (Å²) in [5.41, 5.74) is 0.461. The van der Waals surface area contributed by atoms with Gasteiger partial charge in [-0.15, -0.1) is 0 Å². The van der Waals surface area contributed by atoms with Crippen molar-refractivity contribution < 1.29 is 24.2 Å². The van der Waals surface area contributed by atoms with Crippen LogP contribution in [0.1, 0.15) is 36.0 Å². The maximum Gasteiger partial charge on any atom is 0.326 e. The minimum atomic E-state index is -0.943. The zero-order chi connectivity index (χ0) is 16.2. The maximum atomic E-state index is 12.6. The molecular formula is C17H21NO5. The van der Waals surface area contributed by atoms with Gasteiger partial charge in [0.1, 0.15) is 18.4 Å². The molecule has 0 saturated carbocycles. The van der Waals surface area contributed by atoms with Crippen LogP contribution in [0.2, 0.25) is 0 Å². The average molecular weight is 319 g/mol. The van der Waals surface area contributed by atoms with Crippen molar-refractivity contribution in [3.05, 3.63) is 29.8 Å². The van der Waals surface area contributed by atoms with Crippen LogP contribution in [0.4, 0.5) is 0 Å². The lowest BCUT2D eigenvalue weighted by molar-refractivity contribution is -0.141. The predicted octanol–water partition coefficient (Wildman–Crippen LogP) is 1.93. The van der Waals surface area contributed by atoms with Crippen LogP contribution in [-0.4, -0.2) is 53.8 Å². The Labute approximate surface area is 135 Å². The number of hydrogen-bond acceptors (Lipinski definition) is 4. The molecule has 2 fully saturated rings. The van der Waals surface area contributed by atoms with E-state index >= 15 is 0 Å². The highest BCUT2D eigenvalue weighted by molar-refractivity contribution is 5.97. The number of carboxylic acid groups (broad SMARTS) is 1. The zero-order valence-corrected chi connectivity index (χ0v) is 12.9. The van der Waals surface area contributed by atoms with Gasteiger partial charge in [-0.2, -0.15) is 0 Å². The number of nitrogens with zero attached hydrogens (tertiary/aromatic N) is 1. The molecule has 2 saturated heterocycles. The number of ether oxygens (including phenoxy) is 2. The Kier molecular flexibility index (Phi) is 4.81. The molecule has 23 heavy (non-hydrogen) atoms. The van der Waals surface area contributed by atoms with Gasteiger partial charge < -0.3 is 19.5 Å². The highest BCUT2D eigenvalue weighted by Crippen LogP contribution is 2.23. The van der Waals surface area contributed by atoms with E-state index in [0.29, 0.717) is 30.9 Å². The van der Waals surface area contributed by atoms with Crippen molar-refractivity contribution in [2.24, 2.45) is 0 Å². The zero-order valence-electron chi connectivity index (χ0n) is 12.9. The van der Waals surface area contributed by atoms with E-state index in [0.717, 1.165) is 25.9 Å². The molecule has 2 aliphatic rings. The quantitative estimate of drug-likeness (QED) is 0.897. The fraction of sp³-hybridized carbons (Fsp3) is 0.529. The minimum Gasteiger partial charge on any atom is -0.491 e. The van der Waals surface area contributed by atoms with E-state index in [1.807, 2.05) is 0 Å². The van der Waals surface area contributed by atoms with Gasteiger partial charge >= 0.3 is 5.97 Å². The summed E-state index contributed by atoms with van der Waals surface area (Å²) < 4.78 is 11.2. The third-order valence-corrected chi connectivity index (χ3v) is 4.34. The minimum absolute atomic E-state index is 0.115. The summed E-state index contributed by atoms with van der Waals surface area (Å²) in [4.78, 5) is 25.2. The van der Waals surface area contributed by atoms with Crippen molar-refractivity contribution in [2.45, 2.75) is 37.8 Å². The first-order valence-corrected chi connectivity index (χ1v) is 8.03. The lowest BCUT2D eigenvalue weighted by atomic mass is 10.1. The van der Waals surface area contributed by atoms with Crippen molar-refractivity contribution in [1.29, 1.82) is 0 Å². The molecule has 0 unspecified atom stereocenters. The Balaban J connectivity index is 1.66. The van der Waals surface area contributed by atoms with E-state index in [4.69, 9.17) is 9.47 Å². The molecule has 0 aromatic heterocycles. The summed E-state index contributed by atoms with van der Waals surface area (Å²) in [5, 5.41) is 9.21. The standard InChI is InChI=1S/C17H21NO5/c19-16(18-8-2-7-15(18)17(20)21)12-4-1-5-13(10-12)23-11-14-6-3-9-22-14/h1,4-5,10,14-15H,2-3,6-9,11H2,(H,20,21)/t14-,15-/m0/s1. The van der Waals surface area contributed by atoms with E-state index in [-0.39, 0.29) is 12.0 Å². The second kappa shape index (κ2) is 7.00. The van der Waals surface area contributed by atoms with Crippen LogP contribution >= 0.6 is 0 Å². The number of benzene rings is 1. The Hall–Kier alpha value is -2.08. The van der Waals surface area contributed by atoms with Gasteiger partial charge in [0.15, 0.2) is 0 Å². The molecule has 0 aliphatic carbocycles. The Bertz CT molecular complexity index is 582. The van der Waals surface area contributed by atoms with Gasteiger partial charge in [-0.05, 0) is 43.9 Å². The van der Waals surface area contributed by atoms with Gasteiger partial charge in [0.05, 0.1) is 6.10 Å². The maximum absolute atomic E-state index is 12.6. The van der Waals surface area contributed by atoms with Gasteiger partial charge in [0.25, 0.3) is 5.91 Å². The molecule has 2 aliphatic heterocycles. The van der Waals surface area contributed by atoms with Crippen LogP contribution in [0, 0.1) is 0 Å². The summed E-state index contributed by atoms with van der Waals surface area (Å²) in [6.45, 7) is 1.73. The van der Waals surface area contributed by atoms with Gasteiger partial charge in [-0.25, -0.2) is 4.79 Å². The number of carbonyl (C=O) groups excluding carboxylic acids is 1. The van der Waals surface area contributed by atoms with E-state index in [1.54, 1.807) is 24.3 Å². The number of hydrogen-bond donors (Lipinski definition) is 1. The summed E-state index contributed by atoms with van der Waals surface area (Å²) in [7, 11) is 0. The second-order valence-corrected chi connectivity index (χ2v) is 5.97. The number of aliphatic carboxylic acids is 1. The van der Waals surface area contributed by atoms with Crippen LogP contribution in [0.5, 0.6) is 5.75 Å². The SMILES string of the molecule is O=C(O)[C@@H]1CCCN1C(=O)c1cccc(OC[C@@H]2CCCO2)c1. The van der Waals surface area contributed by atoms with Crippen LogP contribution in [-0.2, 0) is 9.53 Å². The first-order valence-electron chi connectivity index (χ1n) is 8.03. The molecule has 1 aromatic rings. The number of amides is 1. The van der Waals surface area contributed by atoms with E-state index in [9.17, 15) is 14.7 Å². The molecule has 2 atom stereocenters. The van der Waals surface area contributed by atoms with Gasteiger partial charge in [-0.1, -0.05) is 6.07 Å². The molecule has 124 valence electrons. The Morgan fingerprint density at radius 3 is 2.91 bits per heavy atom. The fourth-order valence-corrected chi connectivity index (χ4v) is 3.12. The number of carbonyl (C=O) groups is 2. The number of rotatable bonds is 5. The van der Waals surface area contributed by atoms with Gasteiger partial charge in [0.2, 0.25) is 0 Å². The van der Waals surface area contributed by atoms with Crippen molar-refractivity contribution in [1.82, 2.24) is 4.90 Å². The first kappa shape index (κ1) is 15.8. The first-order chi connectivity index (χ1) is 11.1. The van der Waals surface area contributed by atoms with Crippen LogP contribution in [0.15, 0.2) is 24.3 Å². The number of carboxylic acids is 1. The topological polar surface area (TPSA) is 76.1 Å². The third-order valence-electron chi connectivity index (χ3n) is 4.34. The summed E-state index contributed by atoms with van der Waals surface area (Å²) in [5.74, 6) is -0.587. The second-order valence-electron chi connectivity index (χ2n) is 5.97. The molecule has 0 bridgehead atoms. The highest BCUT2D eigenvalue weighted by atomic mass is 16.5. The molecule has 1 aromatic carbocycles. The van der Waals surface area contributed by atoms with Crippen LogP contribution in [0.25, 0.3) is 0 Å². The Morgan fingerprint density at radius 2 is 2.17 bits per heavy atom. The molecule has 6 nitrogen and oxygen atoms in total. The van der Waals surface area contributed by atoms with Crippen LogP contribution < -0.4 is 4.74 Å². The predicted molar refractivity (Wildman–Crippen MR) is 82.6 cm³/mol. The van der Waals surface area contributed by atoms with E-state index in [1.165, 1.54) is 4.90 Å². The molecule has 0 spiro atoms. The molecule has 0 radical (unpaired) electrons. The van der Waals surface area contributed by atoms with Crippen LogP contribution in [0.3, 0.4) is 0 Å². The summed E-state index contributed by atoms with van der Waals surface area (Å²) in [6, 6.07) is 6.19. The average Bonchev–Trinajstić information content (AvgIpc) is 3.23. The van der Waals surface area contributed by atoms with Crippen molar-refractivity contribution in [3.63, 3.8) is 0 Å². The molecule has 2 heterocycles. The molecule has 3 rings (SSSR count). The van der Waals surface area contributed by atoms with E-state index in [2.05, 4.69) is 0 Å². The lowest BCUT2D eigenvalue weighted by Crippen LogP contribution is -2.40. The van der Waals surface area contributed by atoms with Crippen molar-refractivity contribution >= 4 is 11.9 Å². The van der Waals surface area contributed by atoms with Crippen molar-refractivity contribution in [3.8, 4) is 5.75 Å². The highest BCUT2D eigenvalue weighted by Gasteiger charge is 2.34. The molecular weight excluding hydrogens is 298 g/mol. The third kappa shape index (κ3) is 3.64. The number of likely N-dealkylation sites (tertiary alicyclic amines) is 1. The summed E-state index contributed by atoms with van der Waals surface area (Å²) in [6.07, 6.45) is 3.39. The molecule has 1 N–H and O–H groups in total. The van der Waals surface area contributed by atoms with Gasteiger partial charge in [-0.3, -0.25) is 4.79 Å². The normalized spacial score (nSPS) is 23.9. The lowest BCUT2D eigenvalue weighted by Gasteiger charge is -2.21. The fourth-order valence-electron chi connectivity index (χ4n) is 3.12. The Morgan fingerprint density at radius 1 is 1.30 bits per heavy atom. The monoisotopic (exact) mass is 319 g/mol. The molecule has 6 heteroatoms. The largest absolute Gasteiger partial charge is 0.491 e. The van der Waals surface area contributed by atoms with Crippen molar-refractivity contribution in [2.75, 3.05) is 19.8 Å². The smallest absolute Gasteiger partial charge is 0.326 e. The van der Waals surface area contributed by atoms with E-state index < -0.39 is 12.0 Å². The summed E-state index contributed by atoms with van der Waals surface area (Å²) >= 11 is 0.